The summed E-state index contributed by atoms with van der Waals surface area (Å²) in [7, 11) is 0. The number of rotatable bonds is 2. The molecule has 0 heterocycles. The lowest BCUT2D eigenvalue weighted by atomic mass is 9.86. The minimum Gasteiger partial charge on any atom is -0.353 e. The molecule has 0 aromatic rings. The van der Waals surface area contributed by atoms with Crippen molar-refractivity contribution in [3.05, 3.63) is 0 Å². The molecule has 0 aromatic carbocycles. The van der Waals surface area contributed by atoms with Gasteiger partial charge in [-0.3, -0.25) is 4.79 Å². The molecule has 4 heteroatoms. The van der Waals surface area contributed by atoms with E-state index >= 15 is 0 Å². The fourth-order valence-electron chi connectivity index (χ4n) is 1.85. The normalized spacial score (nSPS) is 27.3. The number of nitrogens with one attached hydrogen (secondary N) is 1. The van der Waals surface area contributed by atoms with Gasteiger partial charge in [-0.1, -0.05) is 0 Å². The van der Waals surface area contributed by atoms with E-state index in [9.17, 15) is 13.6 Å². The summed E-state index contributed by atoms with van der Waals surface area (Å²) >= 11 is 0. The van der Waals surface area contributed by atoms with E-state index in [0.717, 1.165) is 12.8 Å². The summed E-state index contributed by atoms with van der Waals surface area (Å²) in [6.45, 7) is 0. The van der Waals surface area contributed by atoms with Crippen molar-refractivity contribution in [1.82, 2.24) is 5.32 Å². The molecule has 2 aliphatic rings. The molecule has 0 aromatic heterocycles. The second kappa shape index (κ2) is 3.48. The molecule has 0 atom stereocenters. The molecule has 2 saturated carbocycles. The molecule has 1 amide bonds. The highest BCUT2D eigenvalue weighted by molar-refractivity contribution is 5.79. The van der Waals surface area contributed by atoms with Crippen LogP contribution in [0.5, 0.6) is 0 Å². The van der Waals surface area contributed by atoms with E-state index in [1.807, 2.05) is 0 Å². The van der Waals surface area contributed by atoms with E-state index in [1.165, 1.54) is 0 Å². The first-order valence-electron chi connectivity index (χ1n) is 5.25. The molecule has 14 heavy (non-hydrogen) atoms. The Labute approximate surface area is 82.1 Å². The Morgan fingerprint density at radius 1 is 1.14 bits per heavy atom. The van der Waals surface area contributed by atoms with Crippen molar-refractivity contribution < 1.29 is 13.6 Å². The van der Waals surface area contributed by atoms with Crippen LogP contribution in [0.2, 0.25) is 0 Å². The van der Waals surface area contributed by atoms with Crippen LogP contribution < -0.4 is 5.32 Å². The van der Waals surface area contributed by atoms with E-state index in [4.69, 9.17) is 0 Å². The van der Waals surface area contributed by atoms with Crippen LogP contribution in [0.25, 0.3) is 0 Å². The lowest BCUT2D eigenvalue weighted by Crippen LogP contribution is -2.36. The Morgan fingerprint density at radius 3 is 2.21 bits per heavy atom. The predicted octanol–water partition coefficient (Wildman–Crippen LogP) is 2.09. The number of hydrogen-bond donors (Lipinski definition) is 1. The number of carbonyl (C=O) groups excluding carboxylic acids is 1. The molecule has 0 spiro atoms. The summed E-state index contributed by atoms with van der Waals surface area (Å²) in [5.41, 5.74) is 0. The fourth-order valence-corrected chi connectivity index (χ4v) is 1.85. The highest BCUT2D eigenvalue weighted by Crippen LogP contribution is 2.36. The molecule has 2 nitrogen and oxygen atoms in total. The van der Waals surface area contributed by atoms with Crippen molar-refractivity contribution in [3.63, 3.8) is 0 Å². The number of amides is 1. The van der Waals surface area contributed by atoms with Crippen LogP contribution >= 0.6 is 0 Å². The topological polar surface area (TPSA) is 29.1 Å². The molecule has 0 bridgehead atoms. The summed E-state index contributed by atoms with van der Waals surface area (Å²) in [6.07, 6.45) is 2.52. The van der Waals surface area contributed by atoms with Gasteiger partial charge in [0.25, 0.3) is 0 Å². The molecule has 2 aliphatic carbocycles. The molecule has 0 saturated heterocycles. The van der Waals surface area contributed by atoms with Crippen LogP contribution in [0.4, 0.5) is 8.78 Å². The minimum absolute atomic E-state index is 0.0111. The first-order chi connectivity index (χ1) is 6.57. The van der Waals surface area contributed by atoms with Gasteiger partial charge in [0.15, 0.2) is 0 Å². The average molecular weight is 203 g/mol. The monoisotopic (exact) mass is 203 g/mol. The van der Waals surface area contributed by atoms with Crippen molar-refractivity contribution in [2.75, 3.05) is 0 Å². The number of hydrogen-bond acceptors (Lipinski definition) is 1. The number of alkyl halides is 2. The molecular weight excluding hydrogens is 188 g/mol. The summed E-state index contributed by atoms with van der Waals surface area (Å²) in [5, 5.41) is 2.87. The second-order valence-electron chi connectivity index (χ2n) is 4.41. The van der Waals surface area contributed by atoms with Crippen LogP contribution in [0.15, 0.2) is 0 Å². The van der Waals surface area contributed by atoms with Crippen molar-refractivity contribution in [2.24, 2.45) is 5.92 Å². The third-order valence-corrected chi connectivity index (χ3v) is 3.01. The molecule has 0 radical (unpaired) electrons. The zero-order chi connectivity index (χ0) is 10.2. The van der Waals surface area contributed by atoms with Crippen LogP contribution in [0, 0.1) is 5.92 Å². The van der Waals surface area contributed by atoms with Gasteiger partial charge in [-0.25, -0.2) is 8.78 Å². The Morgan fingerprint density at radius 2 is 1.71 bits per heavy atom. The summed E-state index contributed by atoms with van der Waals surface area (Å²) in [4.78, 5) is 11.5. The zero-order valence-corrected chi connectivity index (χ0v) is 8.06. The van der Waals surface area contributed by atoms with Crippen molar-refractivity contribution >= 4 is 5.91 Å². The van der Waals surface area contributed by atoms with Gasteiger partial charge in [0.1, 0.15) is 0 Å². The maximum Gasteiger partial charge on any atom is 0.248 e. The lowest BCUT2D eigenvalue weighted by molar-refractivity contribution is -0.129. The molecular formula is C10H15F2NO. The van der Waals surface area contributed by atoms with Crippen molar-refractivity contribution in [2.45, 2.75) is 50.5 Å². The molecule has 1 N–H and O–H groups in total. The van der Waals surface area contributed by atoms with E-state index in [-0.39, 0.29) is 24.7 Å². The average Bonchev–Trinajstić information content (AvgIpc) is 2.88. The highest BCUT2D eigenvalue weighted by Gasteiger charge is 2.38. The van der Waals surface area contributed by atoms with Crippen LogP contribution in [-0.2, 0) is 4.79 Å². The van der Waals surface area contributed by atoms with Gasteiger partial charge in [-0.2, -0.15) is 0 Å². The molecule has 0 unspecified atom stereocenters. The van der Waals surface area contributed by atoms with Gasteiger partial charge in [0.2, 0.25) is 11.8 Å². The van der Waals surface area contributed by atoms with Gasteiger partial charge in [0.05, 0.1) is 0 Å². The minimum atomic E-state index is -2.53. The van der Waals surface area contributed by atoms with Crippen molar-refractivity contribution in [1.29, 1.82) is 0 Å². The van der Waals surface area contributed by atoms with Gasteiger partial charge in [-0.05, 0) is 25.7 Å². The maximum atomic E-state index is 12.8. The third kappa shape index (κ3) is 2.42. The summed E-state index contributed by atoms with van der Waals surface area (Å²) in [6, 6.07) is 0.338. The van der Waals surface area contributed by atoms with E-state index in [1.54, 1.807) is 0 Å². The Kier molecular flexibility index (Phi) is 2.45. The molecule has 80 valence electrons. The summed E-state index contributed by atoms with van der Waals surface area (Å²) < 4.78 is 25.6. The lowest BCUT2D eigenvalue weighted by Gasteiger charge is -2.27. The number of carbonyl (C=O) groups is 1. The Hall–Kier alpha value is -0.670. The highest BCUT2D eigenvalue weighted by atomic mass is 19.3. The maximum absolute atomic E-state index is 12.8. The van der Waals surface area contributed by atoms with E-state index < -0.39 is 5.92 Å². The quantitative estimate of drug-likeness (QED) is 0.731. The first kappa shape index (κ1) is 9.87. The van der Waals surface area contributed by atoms with E-state index in [2.05, 4.69) is 5.32 Å². The standard InChI is InChI=1S/C10H15F2NO/c11-10(12)5-3-7(4-6-10)9(14)13-8-1-2-8/h7-8H,1-6H2,(H,13,14). The fraction of sp³-hybridized carbons (Fsp3) is 0.900. The largest absolute Gasteiger partial charge is 0.353 e. The smallest absolute Gasteiger partial charge is 0.248 e. The van der Waals surface area contributed by atoms with Gasteiger partial charge >= 0.3 is 0 Å². The van der Waals surface area contributed by atoms with Gasteiger partial charge in [0, 0.05) is 24.8 Å². The van der Waals surface area contributed by atoms with Crippen LogP contribution in [0.3, 0.4) is 0 Å². The SMILES string of the molecule is O=C(NC1CC1)C1CCC(F)(F)CC1. The Balaban J connectivity index is 1.79. The van der Waals surface area contributed by atoms with Gasteiger partial charge < -0.3 is 5.32 Å². The predicted molar refractivity (Wildman–Crippen MR) is 48.1 cm³/mol. The van der Waals surface area contributed by atoms with E-state index in [0.29, 0.717) is 18.9 Å². The van der Waals surface area contributed by atoms with Crippen LogP contribution in [0.1, 0.15) is 38.5 Å². The molecule has 0 aliphatic heterocycles. The second-order valence-corrected chi connectivity index (χ2v) is 4.41. The number of halogens is 2. The Bertz CT molecular complexity index is 228. The first-order valence-corrected chi connectivity index (χ1v) is 5.25. The summed E-state index contributed by atoms with van der Waals surface area (Å²) in [5.74, 6) is -2.71. The van der Waals surface area contributed by atoms with Crippen molar-refractivity contribution in [3.8, 4) is 0 Å². The molecule has 2 fully saturated rings. The van der Waals surface area contributed by atoms with Crippen LogP contribution in [-0.4, -0.2) is 17.9 Å². The third-order valence-electron chi connectivity index (χ3n) is 3.01. The molecule has 2 rings (SSSR count). The van der Waals surface area contributed by atoms with Gasteiger partial charge in [-0.15, -0.1) is 0 Å². The zero-order valence-electron chi connectivity index (χ0n) is 8.06.